The molecule has 1 fully saturated rings. The van der Waals surface area contributed by atoms with Gasteiger partial charge in [0.15, 0.2) is 0 Å². The van der Waals surface area contributed by atoms with Gasteiger partial charge in [-0.05, 0) is 82.1 Å². The zero-order valence-corrected chi connectivity index (χ0v) is 24.3. The number of ether oxygens (including phenoxy) is 2. The molecule has 5 rings (SSSR count). The van der Waals surface area contributed by atoms with Gasteiger partial charge >= 0.3 is 0 Å². The molecule has 40 heavy (non-hydrogen) atoms. The van der Waals surface area contributed by atoms with Crippen LogP contribution in [0, 0.1) is 12.7 Å². The minimum absolute atomic E-state index is 0.112. The second kappa shape index (κ2) is 13.1. The molecule has 2 aromatic heterocycles. The van der Waals surface area contributed by atoms with Gasteiger partial charge in [-0.25, -0.2) is 14.4 Å². The van der Waals surface area contributed by atoms with E-state index in [0.29, 0.717) is 22.4 Å². The lowest BCUT2D eigenvalue weighted by Crippen LogP contribution is -2.34. The highest BCUT2D eigenvalue weighted by Crippen LogP contribution is 2.29. The molecule has 1 saturated heterocycles. The monoisotopic (exact) mass is 564 g/mol. The van der Waals surface area contributed by atoms with Gasteiger partial charge in [-0.3, -0.25) is 4.90 Å². The summed E-state index contributed by atoms with van der Waals surface area (Å²) in [4.78, 5) is 12.3. The zero-order chi connectivity index (χ0) is 28.1. The van der Waals surface area contributed by atoms with Crippen molar-refractivity contribution >= 4 is 22.6 Å². The van der Waals surface area contributed by atoms with E-state index in [2.05, 4.69) is 54.5 Å². The van der Waals surface area contributed by atoms with Gasteiger partial charge in [0.2, 0.25) is 5.88 Å². The number of nitrogens with zero attached hydrogens (tertiary/aromatic N) is 4. The van der Waals surface area contributed by atoms with Crippen molar-refractivity contribution in [1.82, 2.24) is 19.4 Å². The van der Waals surface area contributed by atoms with Crippen LogP contribution in [-0.2, 0) is 24.4 Å². The van der Waals surface area contributed by atoms with Crippen molar-refractivity contribution in [2.75, 3.05) is 19.7 Å². The fourth-order valence-corrected chi connectivity index (χ4v) is 5.52. The summed E-state index contributed by atoms with van der Waals surface area (Å²) in [5.41, 5.74) is 4.92. The lowest BCUT2D eigenvalue weighted by molar-refractivity contribution is 0.0543. The van der Waals surface area contributed by atoms with Crippen LogP contribution in [0.1, 0.15) is 61.7 Å². The maximum atomic E-state index is 14.1. The first kappa shape index (κ1) is 28.5. The number of halogens is 2. The molecule has 3 heterocycles. The minimum Gasteiger partial charge on any atom is -0.473 e. The SMILES string of the molecule is CCCOC(C)Cn1c(CN2CCC(c3cccc(OCc4ccc(Cl)cc4F)n3)CC2)nc2cc(C)ccc21. The lowest BCUT2D eigenvalue weighted by atomic mass is 9.93. The number of likely N-dealkylation sites (tertiary alicyclic amines) is 1. The molecule has 0 amide bonds. The Kier molecular flexibility index (Phi) is 9.35. The summed E-state index contributed by atoms with van der Waals surface area (Å²) in [6, 6.07) is 17.0. The fraction of sp³-hybridized carbons (Fsp3) is 0.438. The van der Waals surface area contributed by atoms with Gasteiger partial charge in [0.25, 0.3) is 0 Å². The summed E-state index contributed by atoms with van der Waals surface area (Å²) >= 11 is 5.86. The second-order valence-corrected chi connectivity index (χ2v) is 11.2. The number of pyridine rings is 1. The van der Waals surface area contributed by atoms with Crippen molar-refractivity contribution in [3.8, 4) is 5.88 Å². The number of rotatable bonds is 11. The standard InChI is InChI=1S/C32H38ClFN4O2/c1-4-16-39-23(3)19-38-30-11-8-22(2)17-29(30)35-31(38)20-37-14-12-24(13-15-37)28-6-5-7-32(36-28)40-21-25-9-10-26(33)18-27(25)34/h5-11,17-18,23-24H,4,12-16,19-21H2,1-3H3. The maximum Gasteiger partial charge on any atom is 0.213 e. The summed E-state index contributed by atoms with van der Waals surface area (Å²) in [5.74, 6) is 1.59. The first-order valence-electron chi connectivity index (χ1n) is 14.2. The molecule has 0 saturated carbocycles. The first-order valence-corrected chi connectivity index (χ1v) is 14.6. The van der Waals surface area contributed by atoms with Crippen molar-refractivity contribution < 1.29 is 13.9 Å². The van der Waals surface area contributed by atoms with E-state index in [1.807, 2.05) is 12.1 Å². The topological polar surface area (TPSA) is 52.4 Å². The molecule has 8 heteroatoms. The molecule has 0 aliphatic carbocycles. The smallest absolute Gasteiger partial charge is 0.213 e. The molecule has 4 aromatic rings. The molecule has 0 radical (unpaired) electrons. The zero-order valence-electron chi connectivity index (χ0n) is 23.6. The number of aryl methyl sites for hydroxylation is 1. The van der Waals surface area contributed by atoms with E-state index in [0.717, 1.165) is 69.1 Å². The van der Waals surface area contributed by atoms with Crippen LogP contribution in [0.5, 0.6) is 5.88 Å². The van der Waals surface area contributed by atoms with Gasteiger partial charge in [-0.2, -0.15) is 0 Å². The number of hydrogen-bond acceptors (Lipinski definition) is 5. The molecule has 2 aromatic carbocycles. The molecule has 1 aliphatic rings. The molecule has 0 spiro atoms. The highest BCUT2D eigenvalue weighted by molar-refractivity contribution is 6.30. The summed E-state index contributed by atoms with van der Waals surface area (Å²) in [7, 11) is 0. The van der Waals surface area contributed by atoms with Gasteiger partial charge in [-0.15, -0.1) is 0 Å². The van der Waals surface area contributed by atoms with Gasteiger partial charge in [0, 0.05) is 34.9 Å². The Bertz CT molecular complexity index is 1430. The Labute approximate surface area is 241 Å². The molecule has 0 N–H and O–H groups in total. The van der Waals surface area contributed by atoms with E-state index in [9.17, 15) is 4.39 Å². The quantitative estimate of drug-likeness (QED) is 0.191. The molecule has 212 valence electrons. The fourth-order valence-electron chi connectivity index (χ4n) is 5.36. The number of hydrogen-bond donors (Lipinski definition) is 0. The normalized spacial score (nSPS) is 15.5. The van der Waals surface area contributed by atoms with Crippen LogP contribution in [0.15, 0.2) is 54.6 Å². The Morgan fingerprint density at radius 2 is 1.90 bits per heavy atom. The Balaban J connectivity index is 1.22. The van der Waals surface area contributed by atoms with Crippen LogP contribution in [-0.4, -0.2) is 45.2 Å². The molecule has 1 unspecified atom stereocenters. The summed E-state index contributed by atoms with van der Waals surface area (Å²) in [5, 5.41) is 0.371. The van der Waals surface area contributed by atoms with Crippen molar-refractivity contribution in [3.05, 3.63) is 88.1 Å². The van der Waals surface area contributed by atoms with Crippen LogP contribution in [0.2, 0.25) is 5.02 Å². The van der Waals surface area contributed by atoms with Crippen molar-refractivity contribution in [1.29, 1.82) is 0 Å². The molecular weight excluding hydrogens is 527 g/mol. The van der Waals surface area contributed by atoms with Gasteiger partial charge < -0.3 is 14.0 Å². The Morgan fingerprint density at radius 1 is 1.07 bits per heavy atom. The number of aromatic nitrogens is 3. The van der Waals surface area contributed by atoms with Crippen LogP contribution in [0.4, 0.5) is 4.39 Å². The lowest BCUT2D eigenvalue weighted by Gasteiger charge is -2.31. The van der Waals surface area contributed by atoms with Gasteiger partial charge in [0.05, 0.1) is 30.2 Å². The third-order valence-corrected chi connectivity index (χ3v) is 7.77. The number of piperidine rings is 1. The Morgan fingerprint density at radius 3 is 2.67 bits per heavy atom. The van der Waals surface area contributed by atoms with Crippen molar-refractivity contribution in [3.63, 3.8) is 0 Å². The highest BCUT2D eigenvalue weighted by atomic mass is 35.5. The third kappa shape index (κ3) is 7.00. The second-order valence-electron chi connectivity index (χ2n) is 10.8. The predicted molar refractivity (Wildman–Crippen MR) is 157 cm³/mol. The summed E-state index contributed by atoms with van der Waals surface area (Å²) < 4.78 is 28.3. The van der Waals surface area contributed by atoms with E-state index in [1.54, 1.807) is 12.1 Å². The van der Waals surface area contributed by atoms with Crippen molar-refractivity contribution in [2.45, 2.75) is 71.8 Å². The summed E-state index contributed by atoms with van der Waals surface area (Å²) in [6.07, 6.45) is 3.16. The molecule has 1 atom stereocenters. The van der Waals surface area contributed by atoms with Crippen molar-refractivity contribution in [2.24, 2.45) is 0 Å². The third-order valence-electron chi connectivity index (χ3n) is 7.54. The van der Waals surface area contributed by atoms with Crippen LogP contribution in [0.3, 0.4) is 0 Å². The van der Waals surface area contributed by atoms with E-state index in [-0.39, 0.29) is 18.5 Å². The number of benzene rings is 2. The predicted octanol–water partition coefficient (Wildman–Crippen LogP) is 7.31. The van der Waals surface area contributed by atoms with E-state index in [1.165, 1.54) is 17.1 Å². The van der Waals surface area contributed by atoms with Crippen LogP contribution < -0.4 is 4.74 Å². The van der Waals surface area contributed by atoms with Crippen LogP contribution >= 0.6 is 11.6 Å². The molecule has 0 bridgehead atoms. The number of imidazole rings is 1. The minimum atomic E-state index is -0.373. The first-order chi connectivity index (χ1) is 19.4. The van der Waals surface area contributed by atoms with Gasteiger partial charge in [0.1, 0.15) is 18.2 Å². The van der Waals surface area contributed by atoms with E-state index < -0.39 is 0 Å². The Hall–Kier alpha value is -3.00. The molecule has 6 nitrogen and oxygen atoms in total. The number of fused-ring (bicyclic) bond motifs is 1. The van der Waals surface area contributed by atoms with E-state index >= 15 is 0 Å². The average Bonchev–Trinajstić information content (AvgIpc) is 3.27. The summed E-state index contributed by atoms with van der Waals surface area (Å²) in [6.45, 7) is 10.8. The molecule has 1 aliphatic heterocycles. The average molecular weight is 565 g/mol. The van der Waals surface area contributed by atoms with E-state index in [4.69, 9.17) is 31.0 Å². The van der Waals surface area contributed by atoms with Crippen LogP contribution in [0.25, 0.3) is 11.0 Å². The molecular formula is C32H38ClFN4O2. The van der Waals surface area contributed by atoms with Gasteiger partial charge in [-0.1, -0.05) is 36.7 Å². The highest BCUT2D eigenvalue weighted by Gasteiger charge is 2.24. The largest absolute Gasteiger partial charge is 0.473 e. The maximum absolute atomic E-state index is 14.1.